The van der Waals surface area contributed by atoms with Gasteiger partial charge in [0.25, 0.3) is 0 Å². The molecule has 18 heavy (non-hydrogen) atoms. The van der Waals surface area contributed by atoms with E-state index in [-0.39, 0.29) is 0 Å². The molecule has 0 bridgehead atoms. The van der Waals surface area contributed by atoms with Crippen molar-refractivity contribution in [3.8, 4) is 17.1 Å². The molecule has 0 saturated carbocycles. The van der Waals surface area contributed by atoms with Crippen molar-refractivity contribution in [1.82, 2.24) is 10.3 Å². The van der Waals surface area contributed by atoms with Gasteiger partial charge >= 0.3 is 0 Å². The highest BCUT2D eigenvalue weighted by Crippen LogP contribution is 2.34. The third kappa shape index (κ3) is 2.66. The van der Waals surface area contributed by atoms with Gasteiger partial charge in [0.05, 0.1) is 12.7 Å². The Hall–Kier alpha value is -1.52. The van der Waals surface area contributed by atoms with Crippen molar-refractivity contribution in [2.45, 2.75) is 13.5 Å². The van der Waals surface area contributed by atoms with Crippen LogP contribution in [0.25, 0.3) is 11.3 Å². The van der Waals surface area contributed by atoms with Gasteiger partial charge in [0.15, 0.2) is 12.2 Å². The highest BCUT2D eigenvalue weighted by atomic mass is 35.5. The monoisotopic (exact) mass is 266 g/mol. The minimum absolute atomic E-state index is 0.628. The molecule has 4 nitrogen and oxygen atoms in total. The molecule has 0 unspecified atom stereocenters. The van der Waals surface area contributed by atoms with Crippen molar-refractivity contribution < 1.29 is 9.15 Å². The largest absolute Gasteiger partial charge is 0.496 e. The van der Waals surface area contributed by atoms with Crippen LogP contribution in [0.15, 0.2) is 29.0 Å². The van der Waals surface area contributed by atoms with Crippen LogP contribution in [0, 0.1) is 0 Å². The zero-order chi connectivity index (χ0) is 13.0. The molecule has 2 rings (SSSR count). The fourth-order valence-electron chi connectivity index (χ4n) is 1.71. The fourth-order valence-corrected chi connectivity index (χ4v) is 1.87. The normalized spacial score (nSPS) is 10.6. The molecule has 0 aliphatic rings. The highest BCUT2D eigenvalue weighted by Gasteiger charge is 2.15. The second kappa shape index (κ2) is 5.89. The molecule has 1 aromatic heterocycles. The third-order valence-corrected chi connectivity index (χ3v) is 2.83. The fraction of sp³-hybridized carbons (Fsp3) is 0.308. The summed E-state index contributed by atoms with van der Waals surface area (Å²) in [6, 6.07) is 5.44. The molecule has 1 aromatic carbocycles. The molecule has 1 N–H and O–H groups in total. The first-order valence-electron chi connectivity index (χ1n) is 5.73. The van der Waals surface area contributed by atoms with Crippen LogP contribution < -0.4 is 10.1 Å². The minimum atomic E-state index is 0.628. The van der Waals surface area contributed by atoms with E-state index in [0.717, 1.165) is 17.8 Å². The number of oxazole rings is 1. The second-order valence-electron chi connectivity index (χ2n) is 3.75. The Morgan fingerprint density at radius 3 is 3.00 bits per heavy atom. The summed E-state index contributed by atoms with van der Waals surface area (Å²) in [4.78, 5) is 4.21. The van der Waals surface area contributed by atoms with Gasteiger partial charge in [-0.1, -0.05) is 18.5 Å². The number of halogens is 1. The average molecular weight is 267 g/mol. The van der Waals surface area contributed by atoms with Gasteiger partial charge in [0.2, 0.25) is 0 Å². The summed E-state index contributed by atoms with van der Waals surface area (Å²) in [7, 11) is 1.61. The Morgan fingerprint density at radius 2 is 2.28 bits per heavy atom. The SMILES string of the molecule is CCNCc1ncoc1-c1ccc(Cl)cc1OC. The van der Waals surface area contributed by atoms with Gasteiger partial charge in [-0.3, -0.25) is 0 Å². The van der Waals surface area contributed by atoms with Crippen LogP contribution in [-0.4, -0.2) is 18.6 Å². The van der Waals surface area contributed by atoms with E-state index < -0.39 is 0 Å². The molecule has 0 amide bonds. The lowest BCUT2D eigenvalue weighted by Crippen LogP contribution is -2.12. The van der Waals surface area contributed by atoms with E-state index >= 15 is 0 Å². The standard InChI is InChI=1S/C13H15ClN2O2/c1-3-15-7-11-13(18-8-16-11)10-5-4-9(14)6-12(10)17-2/h4-6,8,15H,3,7H2,1-2H3. The van der Waals surface area contributed by atoms with Crippen LogP contribution in [-0.2, 0) is 6.54 Å². The predicted molar refractivity (Wildman–Crippen MR) is 70.9 cm³/mol. The number of nitrogens with zero attached hydrogens (tertiary/aromatic N) is 1. The lowest BCUT2D eigenvalue weighted by molar-refractivity contribution is 0.414. The topological polar surface area (TPSA) is 47.3 Å². The molecule has 0 fully saturated rings. The molecule has 0 spiro atoms. The number of hydrogen-bond donors (Lipinski definition) is 1. The quantitative estimate of drug-likeness (QED) is 0.903. The van der Waals surface area contributed by atoms with Gasteiger partial charge in [-0.25, -0.2) is 4.98 Å². The summed E-state index contributed by atoms with van der Waals surface area (Å²) >= 11 is 5.94. The smallest absolute Gasteiger partial charge is 0.181 e. The Balaban J connectivity index is 2.39. The summed E-state index contributed by atoms with van der Waals surface area (Å²) in [6.07, 6.45) is 1.44. The average Bonchev–Trinajstić information content (AvgIpc) is 2.84. The number of ether oxygens (including phenoxy) is 1. The Kier molecular flexibility index (Phi) is 4.23. The molecule has 96 valence electrons. The summed E-state index contributed by atoms with van der Waals surface area (Å²) in [5.74, 6) is 1.39. The lowest BCUT2D eigenvalue weighted by atomic mass is 10.1. The maximum atomic E-state index is 5.94. The maximum absolute atomic E-state index is 5.94. The summed E-state index contributed by atoms with van der Waals surface area (Å²) in [5.41, 5.74) is 1.71. The lowest BCUT2D eigenvalue weighted by Gasteiger charge is -2.08. The zero-order valence-electron chi connectivity index (χ0n) is 10.4. The molecule has 5 heteroatoms. The number of hydrogen-bond acceptors (Lipinski definition) is 4. The van der Waals surface area contributed by atoms with Crippen molar-refractivity contribution in [3.63, 3.8) is 0 Å². The van der Waals surface area contributed by atoms with Crippen molar-refractivity contribution in [2.75, 3.05) is 13.7 Å². The number of methoxy groups -OCH3 is 1. The van der Waals surface area contributed by atoms with Gasteiger partial charge in [-0.2, -0.15) is 0 Å². The van der Waals surface area contributed by atoms with E-state index in [4.69, 9.17) is 20.8 Å². The molecule has 0 radical (unpaired) electrons. The van der Waals surface area contributed by atoms with Crippen LogP contribution >= 0.6 is 11.6 Å². The number of benzene rings is 1. The van der Waals surface area contributed by atoms with E-state index in [2.05, 4.69) is 10.3 Å². The maximum Gasteiger partial charge on any atom is 0.181 e. The Labute approximate surface area is 111 Å². The van der Waals surface area contributed by atoms with Gasteiger partial charge in [-0.15, -0.1) is 0 Å². The zero-order valence-corrected chi connectivity index (χ0v) is 11.1. The van der Waals surface area contributed by atoms with E-state index in [0.29, 0.717) is 23.1 Å². The molecule has 0 atom stereocenters. The van der Waals surface area contributed by atoms with Crippen molar-refractivity contribution in [2.24, 2.45) is 0 Å². The summed E-state index contributed by atoms with van der Waals surface area (Å²) in [5, 5.41) is 3.85. The van der Waals surface area contributed by atoms with Gasteiger partial charge < -0.3 is 14.5 Å². The van der Waals surface area contributed by atoms with Gasteiger partial charge in [0.1, 0.15) is 11.4 Å². The van der Waals surface area contributed by atoms with E-state index in [1.807, 2.05) is 13.0 Å². The molecule has 0 aliphatic heterocycles. The van der Waals surface area contributed by atoms with Crippen molar-refractivity contribution in [1.29, 1.82) is 0 Å². The Morgan fingerprint density at radius 1 is 1.44 bits per heavy atom. The van der Waals surface area contributed by atoms with Crippen molar-refractivity contribution >= 4 is 11.6 Å². The van der Waals surface area contributed by atoms with E-state index in [1.165, 1.54) is 6.39 Å². The number of rotatable bonds is 5. The highest BCUT2D eigenvalue weighted by molar-refractivity contribution is 6.30. The van der Waals surface area contributed by atoms with Crippen LogP contribution in [0.4, 0.5) is 0 Å². The Bertz CT molecular complexity index is 525. The van der Waals surface area contributed by atoms with Crippen molar-refractivity contribution in [3.05, 3.63) is 35.3 Å². The molecule has 2 aromatic rings. The first-order valence-corrected chi connectivity index (χ1v) is 6.11. The van der Waals surface area contributed by atoms with Crippen LogP contribution in [0.3, 0.4) is 0 Å². The van der Waals surface area contributed by atoms with Gasteiger partial charge in [0, 0.05) is 11.6 Å². The van der Waals surface area contributed by atoms with Crippen LogP contribution in [0.5, 0.6) is 5.75 Å². The third-order valence-electron chi connectivity index (χ3n) is 2.59. The number of nitrogens with one attached hydrogen (secondary N) is 1. The van der Waals surface area contributed by atoms with E-state index in [9.17, 15) is 0 Å². The molecule has 1 heterocycles. The first-order chi connectivity index (χ1) is 8.76. The minimum Gasteiger partial charge on any atom is -0.496 e. The van der Waals surface area contributed by atoms with Crippen LogP contribution in [0.1, 0.15) is 12.6 Å². The number of aromatic nitrogens is 1. The first kappa shape index (κ1) is 12.9. The summed E-state index contributed by atoms with van der Waals surface area (Å²) < 4.78 is 10.8. The molecule has 0 aliphatic carbocycles. The molecular formula is C13H15ClN2O2. The predicted octanol–water partition coefficient (Wildman–Crippen LogP) is 3.11. The summed E-state index contributed by atoms with van der Waals surface area (Å²) in [6.45, 7) is 3.58. The second-order valence-corrected chi connectivity index (χ2v) is 4.19. The van der Waals surface area contributed by atoms with E-state index in [1.54, 1.807) is 19.2 Å². The molecular weight excluding hydrogens is 252 g/mol. The van der Waals surface area contributed by atoms with Gasteiger partial charge in [-0.05, 0) is 24.7 Å². The van der Waals surface area contributed by atoms with Crippen LogP contribution in [0.2, 0.25) is 5.02 Å². The molecule has 0 saturated heterocycles.